The lowest BCUT2D eigenvalue weighted by molar-refractivity contribution is 0.295. The maximum Gasteiger partial charge on any atom is 0.237 e. The van der Waals surface area contributed by atoms with Gasteiger partial charge < -0.3 is 9.64 Å². The lowest BCUT2D eigenvalue weighted by Gasteiger charge is -2.30. The monoisotopic (exact) mass is 192 g/mol. The molecule has 0 atom stereocenters. The van der Waals surface area contributed by atoms with Gasteiger partial charge in [0.05, 0.1) is 12.2 Å². The molecule has 1 aliphatic heterocycles. The van der Waals surface area contributed by atoms with Crippen molar-refractivity contribution in [3.8, 4) is 5.88 Å². The third kappa shape index (κ3) is 1.81. The molecule has 0 aliphatic carbocycles. The average Bonchev–Trinajstić information content (AvgIpc) is 2.26. The first-order valence-corrected chi connectivity index (χ1v) is 5.24. The molecule has 0 saturated heterocycles. The zero-order valence-corrected chi connectivity index (χ0v) is 8.57. The summed E-state index contributed by atoms with van der Waals surface area (Å²) in [6.45, 7) is 5.07. The molecule has 14 heavy (non-hydrogen) atoms. The van der Waals surface area contributed by atoms with Crippen molar-refractivity contribution in [3.05, 3.63) is 18.3 Å². The molecule has 0 N–H and O–H groups in total. The van der Waals surface area contributed by atoms with Crippen molar-refractivity contribution in [2.45, 2.75) is 19.8 Å². The quantitative estimate of drug-likeness (QED) is 0.733. The Labute approximate surface area is 84.7 Å². The third-order valence-corrected chi connectivity index (χ3v) is 2.47. The average molecular weight is 192 g/mol. The van der Waals surface area contributed by atoms with Crippen molar-refractivity contribution < 1.29 is 4.74 Å². The highest BCUT2D eigenvalue weighted by Gasteiger charge is 2.17. The van der Waals surface area contributed by atoms with E-state index in [0.29, 0.717) is 0 Å². The van der Waals surface area contributed by atoms with Crippen molar-refractivity contribution in [1.29, 1.82) is 0 Å². The van der Waals surface area contributed by atoms with Gasteiger partial charge in [-0.1, -0.05) is 13.3 Å². The van der Waals surface area contributed by atoms with Crippen LogP contribution in [-0.2, 0) is 0 Å². The Bertz CT molecular complexity index is 301. The molecule has 0 unspecified atom stereocenters. The van der Waals surface area contributed by atoms with Gasteiger partial charge in [-0.3, -0.25) is 0 Å². The van der Waals surface area contributed by atoms with Gasteiger partial charge in [-0.25, -0.2) is 4.98 Å². The summed E-state index contributed by atoms with van der Waals surface area (Å²) in [6, 6.07) is 4.05. The van der Waals surface area contributed by atoms with Crippen molar-refractivity contribution in [3.63, 3.8) is 0 Å². The molecule has 0 bridgehead atoms. The van der Waals surface area contributed by atoms with Crippen LogP contribution in [0.5, 0.6) is 5.88 Å². The number of hydrogen-bond donors (Lipinski definition) is 0. The van der Waals surface area contributed by atoms with Crippen molar-refractivity contribution in [1.82, 2.24) is 4.98 Å². The Hall–Kier alpha value is -1.25. The summed E-state index contributed by atoms with van der Waals surface area (Å²) in [4.78, 5) is 6.57. The van der Waals surface area contributed by atoms with Crippen molar-refractivity contribution in [2.75, 3.05) is 24.6 Å². The third-order valence-electron chi connectivity index (χ3n) is 2.47. The Morgan fingerprint density at radius 1 is 1.57 bits per heavy atom. The summed E-state index contributed by atoms with van der Waals surface area (Å²) in [5.41, 5.74) is 1.15. The van der Waals surface area contributed by atoms with Crippen LogP contribution in [0.3, 0.4) is 0 Å². The molecule has 0 fully saturated rings. The first-order valence-electron chi connectivity index (χ1n) is 5.24. The first kappa shape index (κ1) is 9.31. The van der Waals surface area contributed by atoms with Crippen LogP contribution >= 0.6 is 0 Å². The van der Waals surface area contributed by atoms with E-state index in [1.54, 1.807) is 6.20 Å². The number of anilines is 1. The highest BCUT2D eigenvalue weighted by Crippen LogP contribution is 2.28. The second-order valence-corrected chi connectivity index (χ2v) is 3.52. The molecule has 0 spiro atoms. The Balaban J connectivity index is 2.14. The van der Waals surface area contributed by atoms with Crippen molar-refractivity contribution in [2.24, 2.45) is 0 Å². The fourth-order valence-corrected chi connectivity index (χ4v) is 1.69. The van der Waals surface area contributed by atoms with Gasteiger partial charge in [-0.15, -0.1) is 0 Å². The van der Waals surface area contributed by atoms with E-state index >= 15 is 0 Å². The number of aromatic nitrogens is 1. The Morgan fingerprint density at radius 3 is 3.36 bits per heavy atom. The highest BCUT2D eigenvalue weighted by molar-refractivity contribution is 5.55. The summed E-state index contributed by atoms with van der Waals surface area (Å²) in [7, 11) is 0. The molecule has 0 amide bonds. The smallest absolute Gasteiger partial charge is 0.237 e. The molecule has 3 heteroatoms. The van der Waals surface area contributed by atoms with Crippen LogP contribution in [-0.4, -0.2) is 24.7 Å². The number of nitrogens with zero attached hydrogens (tertiary/aromatic N) is 2. The van der Waals surface area contributed by atoms with Gasteiger partial charge in [0.1, 0.15) is 6.61 Å². The molecule has 76 valence electrons. The van der Waals surface area contributed by atoms with Gasteiger partial charge in [-0.2, -0.15) is 0 Å². The number of hydrogen-bond acceptors (Lipinski definition) is 3. The first-order chi connectivity index (χ1) is 6.92. The van der Waals surface area contributed by atoms with E-state index in [0.717, 1.165) is 31.3 Å². The van der Waals surface area contributed by atoms with Gasteiger partial charge in [0.15, 0.2) is 0 Å². The minimum Gasteiger partial charge on any atom is -0.474 e. The number of rotatable bonds is 3. The minimum atomic E-state index is 0.758. The van der Waals surface area contributed by atoms with E-state index in [1.165, 1.54) is 12.8 Å². The molecule has 1 aromatic heterocycles. The predicted molar refractivity (Wildman–Crippen MR) is 56.9 cm³/mol. The molecule has 1 aromatic rings. The minimum absolute atomic E-state index is 0.758. The number of pyridine rings is 1. The normalized spacial score (nSPS) is 14.8. The molecule has 2 rings (SSSR count). The van der Waals surface area contributed by atoms with Crippen LogP contribution in [0, 0.1) is 0 Å². The standard InChI is InChI=1S/C11H16N2O/c1-2-3-7-13-8-9-14-11-10(13)5-4-6-12-11/h4-6H,2-3,7-9H2,1H3. The zero-order valence-electron chi connectivity index (χ0n) is 8.57. The molecule has 0 aromatic carbocycles. The molecule has 0 radical (unpaired) electrons. The van der Waals surface area contributed by atoms with E-state index in [4.69, 9.17) is 4.74 Å². The van der Waals surface area contributed by atoms with Gasteiger partial charge in [-0.05, 0) is 18.6 Å². The van der Waals surface area contributed by atoms with Crippen LogP contribution in [0.2, 0.25) is 0 Å². The molecule has 0 saturated carbocycles. The lowest BCUT2D eigenvalue weighted by atomic mass is 10.2. The van der Waals surface area contributed by atoms with Crippen LogP contribution in [0.15, 0.2) is 18.3 Å². The van der Waals surface area contributed by atoms with E-state index < -0.39 is 0 Å². The molecular formula is C11H16N2O. The highest BCUT2D eigenvalue weighted by atomic mass is 16.5. The molecule has 2 heterocycles. The van der Waals surface area contributed by atoms with Gasteiger partial charge in [0.2, 0.25) is 5.88 Å². The zero-order chi connectivity index (χ0) is 9.80. The van der Waals surface area contributed by atoms with E-state index in [2.05, 4.69) is 22.9 Å². The Morgan fingerprint density at radius 2 is 2.50 bits per heavy atom. The SMILES string of the molecule is CCCCN1CCOc2ncccc21. The van der Waals surface area contributed by atoms with Gasteiger partial charge >= 0.3 is 0 Å². The summed E-state index contributed by atoms with van der Waals surface area (Å²) in [6.07, 6.45) is 4.24. The Kier molecular flexibility index (Phi) is 2.87. The fraction of sp³-hybridized carbons (Fsp3) is 0.545. The number of fused-ring (bicyclic) bond motifs is 1. The molecule has 3 nitrogen and oxygen atoms in total. The van der Waals surface area contributed by atoms with E-state index in [-0.39, 0.29) is 0 Å². The van der Waals surface area contributed by atoms with Gasteiger partial charge in [0.25, 0.3) is 0 Å². The van der Waals surface area contributed by atoms with Crippen LogP contribution in [0.4, 0.5) is 5.69 Å². The van der Waals surface area contributed by atoms with Crippen LogP contribution in [0.25, 0.3) is 0 Å². The van der Waals surface area contributed by atoms with Crippen LogP contribution in [0.1, 0.15) is 19.8 Å². The summed E-state index contributed by atoms with van der Waals surface area (Å²) >= 11 is 0. The summed E-state index contributed by atoms with van der Waals surface area (Å²) in [5.74, 6) is 0.787. The van der Waals surface area contributed by atoms with E-state index in [1.807, 2.05) is 6.07 Å². The summed E-state index contributed by atoms with van der Waals surface area (Å²) < 4.78 is 5.48. The van der Waals surface area contributed by atoms with Gasteiger partial charge in [0, 0.05) is 12.7 Å². The number of unbranched alkanes of at least 4 members (excludes halogenated alkanes) is 1. The second kappa shape index (κ2) is 4.31. The summed E-state index contributed by atoms with van der Waals surface area (Å²) in [5, 5.41) is 0. The van der Waals surface area contributed by atoms with E-state index in [9.17, 15) is 0 Å². The molecular weight excluding hydrogens is 176 g/mol. The largest absolute Gasteiger partial charge is 0.474 e. The van der Waals surface area contributed by atoms with Crippen molar-refractivity contribution >= 4 is 5.69 Å². The van der Waals surface area contributed by atoms with Crippen LogP contribution < -0.4 is 9.64 Å². The topological polar surface area (TPSA) is 25.4 Å². The fourth-order valence-electron chi connectivity index (χ4n) is 1.69. The predicted octanol–water partition coefficient (Wildman–Crippen LogP) is 2.08. The molecule has 1 aliphatic rings. The number of ether oxygens (including phenoxy) is 1. The second-order valence-electron chi connectivity index (χ2n) is 3.52. The maximum absolute atomic E-state index is 5.48. The maximum atomic E-state index is 5.48. The lowest BCUT2D eigenvalue weighted by Crippen LogP contribution is -2.33.